The van der Waals surface area contributed by atoms with Gasteiger partial charge in [0.25, 0.3) is 5.91 Å². The van der Waals surface area contributed by atoms with E-state index in [-0.39, 0.29) is 11.9 Å². The van der Waals surface area contributed by atoms with Crippen LogP contribution in [0.4, 0.5) is 14.5 Å². The molecule has 0 heterocycles. The van der Waals surface area contributed by atoms with Crippen LogP contribution in [0, 0.1) is 11.6 Å². The van der Waals surface area contributed by atoms with Crippen LogP contribution in [-0.2, 0) is 4.79 Å². The second-order valence-electron chi connectivity index (χ2n) is 5.07. The standard InChI is InChI=1S/C17H17F2NO3/c1-11(2)23-16-6-4-3-5-14(16)20-17(21)10-22-15-8-7-12(18)9-13(15)19/h3-9,11H,10H2,1-2H3,(H,20,21). The van der Waals surface area contributed by atoms with Gasteiger partial charge in [0.15, 0.2) is 18.2 Å². The maximum atomic E-state index is 13.4. The summed E-state index contributed by atoms with van der Waals surface area (Å²) in [6.45, 7) is 3.34. The smallest absolute Gasteiger partial charge is 0.262 e. The number of amides is 1. The van der Waals surface area contributed by atoms with Gasteiger partial charge in [-0.05, 0) is 38.1 Å². The Hall–Kier alpha value is -2.63. The molecule has 0 fully saturated rings. The first kappa shape index (κ1) is 16.7. The zero-order valence-corrected chi connectivity index (χ0v) is 12.8. The minimum Gasteiger partial charge on any atom is -0.489 e. The summed E-state index contributed by atoms with van der Waals surface area (Å²) in [5.74, 6) is -1.70. The first-order chi connectivity index (χ1) is 11.0. The van der Waals surface area contributed by atoms with Crippen LogP contribution in [-0.4, -0.2) is 18.6 Å². The molecule has 0 unspecified atom stereocenters. The van der Waals surface area contributed by atoms with Gasteiger partial charge in [-0.3, -0.25) is 4.79 Å². The fourth-order valence-corrected chi connectivity index (χ4v) is 1.85. The summed E-state index contributed by atoms with van der Waals surface area (Å²) in [5, 5.41) is 2.63. The van der Waals surface area contributed by atoms with Crippen molar-refractivity contribution in [3.63, 3.8) is 0 Å². The van der Waals surface area contributed by atoms with Gasteiger partial charge in [0.1, 0.15) is 11.6 Å². The molecule has 6 heteroatoms. The zero-order chi connectivity index (χ0) is 16.8. The third-order valence-corrected chi connectivity index (χ3v) is 2.78. The van der Waals surface area contributed by atoms with Gasteiger partial charge in [0, 0.05) is 6.07 Å². The maximum Gasteiger partial charge on any atom is 0.262 e. The molecule has 2 aromatic rings. The molecule has 0 bridgehead atoms. The fourth-order valence-electron chi connectivity index (χ4n) is 1.85. The maximum absolute atomic E-state index is 13.4. The normalized spacial score (nSPS) is 10.5. The monoisotopic (exact) mass is 321 g/mol. The molecule has 1 N–H and O–H groups in total. The highest BCUT2D eigenvalue weighted by atomic mass is 19.1. The summed E-state index contributed by atoms with van der Waals surface area (Å²) < 4.78 is 36.8. The molecule has 0 aromatic heterocycles. The number of carbonyl (C=O) groups is 1. The molecule has 0 saturated carbocycles. The van der Waals surface area contributed by atoms with E-state index in [2.05, 4.69) is 5.32 Å². The first-order valence-corrected chi connectivity index (χ1v) is 7.09. The van der Waals surface area contributed by atoms with Gasteiger partial charge < -0.3 is 14.8 Å². The Morgan fingerprint density at radius 1 is 1.13 bits per heavy atom. The Morgan fingerprint density at radius 3 is 2.57 bits per heavy atom. The number of rotatable bonds is 6. The van der Waals surface area contributed by atoms with Crippen LogP contribution in [0.5, 0.6) is 11.5 Å². The van der Waals surface area contributed by atoms with E-state index in [1.807, 2.05) is 13.8 Å². The quantitative estimate of drug-likeness (QED) is 0.881. The lowest BCUT2D eigenvalue weighted by molar-refractivity contribution is -0.118. The van der Waals surface area contributed by atoms with E-state index in [1.165, 1.54) is 0 Å². The zero-order valence-electron chi connectivity index (χ0n) is 12.8. The molecule has 1 amide bonds. The van der Waals surface area contributed by atoms with Gasteiger partial charge in [-0.2, -0.15) is 0 Å². The molecule has 0 aliphatic rings. The Balaban J connectivity index is 1.97. The van der Waals surface area contributed by atoms with E-state index in [4.69, 9.17) is 9.47 Å². The van der Waals surface area contributed by atoms with E-state index in [0.717, 1.165) is 12.1 Å². The summed E-state index contributed by atoms with van der Waals surface area (Å²) in [6, 6.07) is 9.85. The summed E-state index contributed by atoms with van der Waals surface area (Å²) in [4.78, 5) is 11.9. The molecule has 2 rings (SSSR count). The summed E-state index contributed by atoms with van der Waals surface area (Å²) >= 11 is 0. The number of benzene rings is 2. The molecule has 0 aliphatic heterocycles. The highest BCUT2D eigenvalue weighted by molar-refractivity contribution is 5.93. The molecular formula is C17H17F2NO3. The van der Waals surface area contributed by atoms with E-state index < -0.39 is 24.1 Å². The summed E-state index contributed by atoms with van der Waals surface area (Å²) in [7, 11) is 0. The van der Waals surface area contributed by atoms with Crippen molar-refractivity contribution in [3.8, 4) is 11.5 Å². The van der Waals surface area contributed by atoms with Crippen molar-refractivity contribution in [2.75, 3.05) is 11.9 Å². The van der Waals surface area contributed by atoms with Gasteiger partial charge in [-0.25, -0.2) is 8.78 Å². The van der Waals surface area contributed by atoms with Gasteiger partial charge in [0.2, 0.25) is 0 Å². The minimum absolute atomic E-state index is 0.0439. The van der Waals surface area contributed by atoms with Gasteiger partial charge in [0.05, 0.1) is 11.8 Å². The second-order valence-corrected chi connectivity index (χ2v) is 5.07. The average Bonchev–Trinajstić information content (AvgIpc) is 2.48. The molecule has 0 radical (unpaired) electrons. The van der Waals surface area contributed by atoms with Crippen LogP contribution in [0.25, 0.3) is 0 Å². The third-order valence-electron chi connectivity index (χ3n) is 2.78. The number of ether oxygens (including phenoxy) is 2. The van der Waals surface area contributed by atoms with Gasteiger partial charge >= 0.3 is 0 Å². The van der Waals surface area contributed by atoms with E-state index in [1.54, 1.807) is 24.3 Å². The largest absolute Gasteiger partial charge is 0.489 e. The van der Waals surface area contributed by atoms with E-state index in [9.17, 15) is 13.6 Å². The van der Waals surface area contributed by atoms with E-state index >= 15 is 0 Å². The summed E-state index contributed by atoms with van der Waals surface area (Å²) in [5.41, 5.74) is 0.495. The number of anilines is 1. The van der Waals surface area contributed by atoms with Crippen molar-refractivity contribution >= 4 is 11.6 Å². The Morgan fingerprint density at radius 2 is 1.87 bits per heavy atom. The molecule has 122 valence electrons. The van der Waals surface area contributed by atoms with Gasteiger partial charge in [-0.15, -0.1) is 0 Å². The molecule has 4 nitrogen and oxygen atoms in total. The molecule has 2 aromatic carbocycles. The van der Waals surface area contributed by atoms with Crippen molar-refractivity contribution in [3.05, 3.63) is 54.1 Å². The Kier molecular flexibility index (Phi) is 5.51. The van der Waals surface area contributed by atoms with Crippen LogP contribution in [0.2, 0.25) is 0 Å². The molecule has 0 saturated heterocycles. The lowest BCUT2D eigenvalue weighted by atomic mass is 10.3. The van der Waals surface area contributed by atoms with Crippen LogP contribution in [0.3, 0.4) is 0 Å². The molecule has 0 aliphatic carbocycles. The van der Waals surface area contributed by atoms with Crippen molar-refractivity contribution in [2.45, 2.75) is 20.0 Å². The molecule has 23 heavy (non-hydrogen) atoms. The predicted molar refractivity (Wildman–Crippen MR) is 82.7 cm³/mol. The highest BCUT2D eigenvalue weighted by Crippen LogP contribution is 2.25. The number of para-hydroxylation sites is 2. The topological polar surface area (TPSA) is 47.6 Å². The number of hydrogen-bond donors (Lipinski definition) is 1. The van der Waals surface area contributed by atoms with Crippen LogP contribution < -0.4 is 14.8 Å². The number of hydrogen-bond acceptors (Lipinski definition) is 3. The van der Waals surface area contributed by atoms with Crippen LogP contribution in [0.15, 0.2) is 42.5 Å². The second kappa shape index (κ2) is 7.58. The van der Waals surface area contributed by atoms with Crippen LogP contribution in [0.1, 0.15) is 13.8 Å². The van der Waals surface area contributed by atoms with Crippen molar-refractivity contribution in [1.29, 1.82) is 0 Å². The van der Waals surface area contributed by atoms with Crippen molar-refractivity contribution in [1.82, 2.24) is 0 Å². The Labute approximate surface area is 133 Å². The molecule has 0 spiro atoms. The molecular weight excluding hydrogens is 304 g/mol. The van der Waals surface area contributed by atoms with E-state index in [0.29, 0.717) is 17.5 Å². The number of halogens is 2. The first-order valence-electron chi connectivity index (χ1n) is 7.09. The minimum atomic E-state index is -0.860. The third kappa shape index (κ3) is 4.95. The van der Waals surface area contributed by atoms with Crippen molar-refractivity contribution in [2.24, 2.45) is 0 Å². The van der Waals surface area contributed by atoms with Gasteiger partial charge in [-0.1, -0.05) is 12.1 Å². The predicted octanol–water partition coefficient (Wildman–Crippen LogP) is 3.77. The fraction of sp³-hybridized carbons (Fsp3) is 0.235. The van der Waals surface area contributed by atoms with Crippen molar-refractivity contribution < 1.29 is 23.0 Å². The highest BCUT2D eigenvalue weighted by Gasteiger charge is 2.11. The molecule has 0 atom stereocenters. The number of carbonyl (C=O) groups excluding carboxylic acids is 1. The average molecular weight is 321 g/mol. The van der Waals surface area contributed by atoms with Crippen LogP contribution >= 0.6 is 0 Å². The lowest BCUT2D eigenvalue weighted by Gasteiger charge is -2.15. The number of nitrogens with one attached hydrogen (secondary N) is 1. The Bertz CT molecular complexity index is 689. The lowest BCUT2D eigenvalue weighted by Crippen LogP contribution is -2.21. The SMILES string of the molecule is CC(C)Oc1ccccc1NC(=O)COc1ccc(F)cc1F. The summed E-state index contributed by atoms with van der Waals surface area (Å²) in [6.07, 6.45) is -0.0439.